The summed E-state index contributed by atoms with van der Waals surface area (Å²) >= 11 is 0. The molecule has 0 unspecified atom stereocenters. The molecule has 0 heterocycles. The van der Waals surface area contributed by atoms with E-state index in [1.54, 1.807) is 54.6 Å². The van der Waals surface area contributed by atoms with E-state index in [-0.39, 0.29) is 12.1 Å². The quantitative estimate of drug-likeness (QED) is 0.519. The molecule has 0 fully saturated rings. The molecule has 158 valence electrons. The lowest BCUT2D eigenvalue weighted by Gasteiger charge is -2.25. The largest absolute Gasteiger partial charge is 0.478 e. The smallest absolute Gasteiger partial charge is 0.416 e. The van der Waals surface area contributed by atoms with Crippen LogP contribution < -0.4 is 4.90 Å². The van der Waals surface area contributed by atoms with Crippen molar-refractivity contribution in [2.45, 2.75) is 12.7 Å². The highest BCUT2D eigenvalue weighted by Crippen LogP contribution is 2.33. The maximum absolute atomic E-state index is 13.5. The summed E-state index contributed by atoms with van der Waals surface area (Å²) in [5.41, 5.74) is 0.463. The Morgan fingerprint density at radius 1 is 0.871 bits per heavy atom. The second kappa shape index (κ2) is 9.30. The number of benzene rings is 3. The normalized spacial score (nSPS) is 11.5. The Morgan fingerprint density at radius 3 is 2.10 bits per heavy atom. The Kier molecular flexibility index (Phi) is 6.55. The molecule has 4 nitrogen and oxygen atoms in total. The number of alkyl halides is 3. The minimum atomic E-state index is -4.55. The Balaban J connectivity index is 2.01. The fraction of sp³-hybridized carbons (Fsp3) is 0.0833. The van der Waals surface area contributed by atoms with Gasteiger partial charge in [0, 0.05) is 17.3 Å². The zero-order valence-electron chi connectivity index (χ0n) is 16.2. The fourth-order valence-corrected chi connectivity index (χ4v) is 3.05. The molecule has 0 saturated heterocycles. The van der Waals surface area contributed by atoms with Crippen LogP contribution in [-0.4, -0.2) is 17.0 Å². The monoisotopic (exact) mass is 425 g/mol. The van der Waals surface area contributed by atoms with Crippen molar-refractivity contribution in [3.8, 4) is 0 Å². The van der Waals surface area contributed by atoms with Gasteiger partial charge in [-0.1, -0.05) is 48.5 Å². The third kappa shape index (κ3) is 5.60. The SMILES string of the molecule is O=C(O)/C=C/c1ccc(N(Cc2ccccc2C(F)(F)F)C(=O)c2ccccc2)cc1. The van der Waals surface area contributed by atoms with Crippen LogP contribution in [0, 0.1) is 0 Å². The predicted octanol–water partition coefficient (Wildman–Crippen LogP) is 5.65. The van der Waals surface area contributed by atoms with E-state index in [2.05, 4.69) is 0 Å². The molecule has 3 rings (SSSR count). The van der Waals surface area contributed by atoms with Crippen LogP contribution in [0.1, 0.15) is 27.0 Å². The second-order valence-corrected chi connectivity index (χ2v) is 6.68. The standard InChI is InChI=1S/C24H18F3NO3/c25-24(26,27)21-9-5-4-8-19(21)16-28(23(31)18-6-2-1-3-7-18)20-13-10-17(11-14-20)12-15-22(29)30/h1-15H,16H2,(H,29,30)/b15-12+. The Morgan fingerprint density at radius 2 is 1.48 bits per heavy atom. The number of carboxylic acid groups (broad SMARTS) is 1. The van der Waals surface area contributed by atoms with E-state index < -0.39 is 23.6 Å². The zero-order valence-corrected chi connectivity index (χ0v) is 16.2. The van der Waals surface area contributed by atoms with Crippen molar-refractivity contribution in [3.63, 3.8) is 0 Å². The van der Waals surface area contributed by atoms with E-state index in [1.165, 1.54) is 29.2 Å². The van der Waals surface area contributed by atoms with Crippen LogP contribution >= 0.6 is 0 Å². The summed E-state index contributed by atoms with van der Waals surface area (Å²) < 4.78 is 40.4. The number of anilines is 1. The Labute approximate surface area is 176 Å². The number of aliphatic carboxylic acids is 1. The van der Waals surface area contributed by atoms with Crippen molar-refractivity contribution in [1.82, 2.24) is 0 Å². The number of hydrogen-bond donors (Lipinski definition) is 1. The van der Waals surface area contributed by atoms with Crippen molar-refractivity contribution >= 4 is 23.6 Å². The number of carbonyl (C=O) groups excluding carboxylic acids is 1. The molecule has 3 aromatic rings. The highest BCUT2D eigenvalue weighted by Gasteiger charge is 2.34. The minimum absolute atomic E-state index is 0.0332. The second-order valence-electron chi connectivity index (χ2n) is 6.68. The van der Waals surface area contributed by atoms with Gasteiger partial charge in [-0.3, -0.25) is 4.79 Å². The zero-order chi connectivity index (χ0) is 22.4. The first-order chi connectivity index (χ1) is 14.8. The molecule has 0 radical (unpaired) electrons. The van der Waals surface area contributed by atoms with Crippen LogP contribution in [0.4, 0.5) is 18.9 Å². The average Bonchev–Trinajstić information content (AvgIpc) is 2.76. The molecule has 3 aromatic carbocycles. The highest BCUT2D eigenvalue weighted by molar-refractivity contribution is 6.06. The molecule has 0 spiro atoms. The van der Waals surface area contributed by atoms with Gasteiger partial charge in [0.1, 0.15) is 0 Å². The van der Waals surface area contributed by atoms with E-state index >= 15 is 0 Å². The van der Waals surface area contributed by atoms with Crippen molar-refractivity contribution in [2.75, 3.05) is 4.90 Å². The number of amides is 1. The lowest BCUT2D eigenvalue weighted by molar-refractivity contribution is -0.138. The Hall–Kier alpha value is -3.87. The molecule has 1 N–H and O–H groups in total. The topological polar surface area (TPSA) is 57.6 Å². The fourth-order valence-electron chi connectivity index (χ4n) is 3.05. The molecule has 1 amide bonds. The molecule has 0 aromatic heterocycles. The van der Waals surface area contributed by atoms with Crippen molar-refractivity contribution < 1.29 is 27.9 Å². The number of nitrogens with zero attached hydrogens (tertiary/aromatic N) is 1. The summed E-state index contributed by atoms with van der Waals surface area (Å²) in [5.74, 6) is -1.56. The van der Waals surface area contributed by atoms with E-state index in [0.29, 0.717) is 16.8 Å². The van der Waals surface area contributed by atoms with E-state index in [0.717, 1.165) is 12.1 Å². The maximum atomic E-state index is 13.5. The highest BCUT2D eigenvalue weighted by atomic mass is 19.4. The minimum Gasteiger partial charge on any atom is -0.478 e. The van der Waals surface area contributed by atoms with Gasteiger partial charge in [-0.25, -0.2) is 4.79 Å². The molecule has 31 heavy (non-hydrogen) atoms. The third-order valence-corrected chi connectivity index (χ3v) is 4.54. The lowest BCUT2D eigenvalue weighted by atomic mass is 10.0. The molecular weight excluding hydrogens is 407 g/mol. The molecule has 0 bridgehead atoms. The molecule has 0 atom stereocenters. The maximum Gasteiger partial charge on any atom is 0.416 e. The van der Waals surface area contributed by atoms with Crippen LogP contribution in [0.15, 0.2) is 84.9 Å². The summed E-state index contributed by atoms with van der Waals surface area (Å²) in [4.78, 5) is 25.1. The van der Waals surface area contributed by atoms with Crippen LogP contribution in [0.2, 0.25) is 0 Å². The summed E-state index contributed by atoms with van der Waals surface area (Å²) in [5, 5.41) is 8.74. The molecule has 0 saturated carbocycles. The lowest BCUT2D eigenvalue weighted by Crippen LogP contribution is -2.31. The van der Waals surface area contributed by atoms with Crippen molar-refractivity contribution in [2.24, 2.45) is 0 Å². The van der Waals surface area contributed by atoms with Gasteiger partial charge in [-0.2, -0.15) is 13.2 Å². The van der Waals surface area contributed by atoms with E-state index in [1.807, 2.05) is 0 Å². The van der Waals surface area contributed by atoms with Crippen molar-refractivity contribution in [3.05, 3.63) is 107 Å². The molecule has 0 aliphatic carbocycles. The van der Waals surface area contributed by atoms with E-state index in [4.69, 9.17) is 5.11 Å². The van der Waals surface area contributed by atoms with Gasteiger partial charge < -0.3 is 10.0 Å². The first kappa shape index (κ1) is 21.8. The van der Waals surface area contributed by atoms with Gasteiger partial charge in [0.05, 0.1) is 12.1 Å². The van der Waals surface area contributed by atoms with Crippen LogP contribution in [0.3, 0.4) is 0 Å². The van der Waals surface area contributed by atoms with Gasteiger partial charge in [0.2, 0.25) is 0 Å². The third-order valence-electron chi connectivity index (χ3n) is 4.54. The van der Waals surface area contributed by atoms with Crippen LogP contribution in [0.5, 0.6) is 0 Å². The van der Waals surface area contributed by atoms with Crippen LogP contribution in [-0.2, 0) is 17.5 Å². The number of carboxylic acids is 1. The van der Waals surface area contributed by atoms with Gasteiger partial charge in [0.15, 0.2) is 0 Å². The average molecular weight is 425 g/mol. The number of carbonyl (C=O) groups is 2. The first-order valence-corrected chi connectivity index (χ1v) is 9.29. The Bertz CT molecular complexity index is 1090. The van der Waals surface area contributed by atoms with Crippen molar-refractivity contribution in [1.29, 1.82) is 0 Å². The van der Waals surface area contributed by atoms with Gasteiger partial charge in [0.25, 0.3) is 5.91 Å². The van der Waals surface area contributed by atoms with Gasteiger partial charge >= 0.3 is 12.1 Å². The summed E-state index contributed by atoms with van der Waals surface area (Å²) in [6.45, 7) is -0.284. The number of rotatable bonds is 6. The number of hydrogen-bond acceptors (Lipinski definition) is 2. The summed E-state index contributed by atoms with van der Waals surface area (Å²) in [6.07, 6.45) is -2.20. The molecule has 0 aliphatic rings. The number of halogens is 3. The molecule has 0 aliphatic heterocycles. The van der Waals surface area contributed by atoms with E-state index in [9.17, 15) is 22.8 Å². The molecular formula is C24H18F3NO3. The molecule has 7 heteroatoms. The summed E-state index contributed by atoms with van der Waals surface area (Å²) in [7, 11) is 0. The van der Waals surface area contributed by atoms with Gasteiger partial charge in [-0.15, -0.1) is 0 Å². The van der Waals surface area contributed by atoms with Crippen LogP contribution in [0.25, 0.3) is 6.08 Å². The predicted molar refractivity (Wildman–Crippen MR) is 112 cm³/mol. The summed E-state index contributed by atoms with van der Waals surface area (Å²) in [6, 6.07) is 19.7. The first-order valence-electron chi connectivity index (χ1n) is 9.29. The van der Waals surface area contributed by atoms with Gasteiger partial charge in [-0.05, 0) is 47.5 Å².